The molecule has 1 aromatic rings. The lowest BCUT2D eigenvalue weighted by atomic mass is 10.1. The van der Waals surface area contributed by atoms with Crippen molar-refractivity contribution in [1.82, 2.24) is 9.97 Å². The molecule has 0 bridgehead atoms. The molecule has 4 nitrogen and oxygen atoms in total. The first kappa shape index (κ1) is 10.5. The molecule has 0 saturated heterocycles. The molecule has 0 fully saturated rings. The predicted molar refractivity (Wildman–Crippen MR) is 55.2 cm³/mol. The van der Waals surface area contributed by atoms with Crippen molar-refractivity contribution < 1.29 is 0 Å². The van der Waals surface area contributed by atoms with Crippen LogP contribution in [-0.4, -0.2) is 24.1 Å². The molecule has 14 heavy (non-hydrogen) atoms. The van der Waals surface area contributed by atoms with E-state index in [2.05, 4.69) is 9.97 Å². The summed E-state index contributed by atoms with van der Waals surface area (Å²) in [5.74, 6) is 0.900. The van der Waals surface area contributed by atoms with E-state index in [0.717, 1.165) is 5.69 Å². The molecule has 0 N–H and O–H groups in total. The predicted octanol–water partition coefficient (Wildman–Crippen LogP) is 1.54. The Morgan fingerprint density at radius 3 is 2.43 bits per heavy atom. The molecule has 0 saturated carbocycles. The summed E-state index contributed by atoms with van der Waals surface area (Å²) in [6.45, 7) is 4.09. The first-order valence-electron chi connectivity index (χ1n) is 4.51. The molecule has 1 rings (SSSR count). The average molecular weight is 190 g/mol. The maximum Gasteiger partial charge on any atom is 0.226 e. The molecule has 4 heteroatoms. The van der Waals surface area contributed by atoms with Gasteiger partial charge in [-0.3, -0.25) is 0 Å². The minimum Gasteiger partial charge on any atom is -0.347 e. The van der Waals surface area contributed by atoms with Crippen LogP contribution in [0.5, 0.6) is 0 Å². The summed E-state index contributed by atoms with van der Waals surface area (Å²) >= 11 is 0. The Labute approximate surface area is 84.2 Å². The van der Waals surface area contributed by atoms with Crippen molar-refractivity contribution in [2.75, 3.05) is 19.0 Å². The second-order valence-electron chi connectivity index (χ2n) is 3.64. The number of hydrogen-bond donors (Lipinski definition) is 0. The number of aromatic nitrogens is 2. The molecule has 74 valence electrons. The van der Waals surface area contributed by atoms with Crippen LogP contribution in [0.2, 0.25) is 0 Å². The van der Waals surface area contributed by atoms with Gasteiger partial charge in [-0.2, -0.15) is 5.26 Å². The van der Waals surface area contributed by atoms with Crippen molar-refractivity contribution in [3.8, 4) is 6.07 Å². The van der Waals surface area contributed by atoms with Gasteiger partial charge in [-0.25, -0.2) is 9.97 Å². The normalized spacial score (nSPS) is 10.0. The molecular weight excluding hydrogens is 176 g/mol. The highest BCUT2D eigenvalue weighted by atomic mass is 15.2. The van der Waals surface area contributed by atoms with Crippen LogP contribution in [0.4, 0.5) is 5.95 Å². The largest absolute Gasteiger partial charge is 0.347 e. The summed E-state index contributed by atoms with van der Waals surface area (Å²) in [7, 11) is 3.72. The molecule has 0 aliphatic heterocycles. The molecular formula is C10H14N4. The molecule has 0 aliphatic rings. The zero-order chi connectivity index (χ0) is 10.7. The van der Waals surface area contributed by atoms with E-state index >= 15 is 0 Å². The fourth-order valence-electron chi connectivity index (χ4n) is 1.01. The van der Waals surface area contributed by atoms with Gasteiger partial charge in [0.2, 0.25) is 5.95 Å². The lowest BCUT2D eigenvalue weighted by Crippen LogP contribution is -2.14. The van der Waals surface area contributed by atoms with Crippen LogP contribution in [0.15, 0.2) is 6.07 Å². The number of hydrogen-bond acceptors (Lipinski definition) is 4. The molecule has 0 amide bonds. The number of nitriles is 1. The van der Waals surface area contributed by atoms with Gasteiger partial charge in [0.25, 0.3) is 0 Å². The minimum atomic E-state index is 0.309. The molecule has 0 radical (unpaired) electrons. The molecule has 0 unspecified atom stereocenters. The van der Waals surface area contributed by atoms with Crippen LogP contribution >= 0.6 is 0 Å². The highest BCUT2D eigenvalue weighted by Gasteiger charge is 2.08. The third-order valence-corrected chi connectivity index (χ3v) is 1.84. The van der Waals surface area contributed by atoms with Crippen molar-refractivity contribution in [2.45, 2.75) is 19.8 Å². The van der Waals surface area contributed by atoms with Crippen LogP contribution in [0, 0.1) is 11.3 Å². The number of anilines is 1. The molecule has 0 aliphatic carbocycles. The van der Waals surface area contributed by atoms with E-state index in [9.17, 15) is 0 Å². The molecule has 0 aromatic carbocycles. The lowest BCUT2D eigenvalue weighted by molar-refractivity contribution is 0.804. The van der Waals surface area contributed by atoms with Gasteiger partial charge < -0.3 is 4.90 Å². The van der Waals surface area contributed by atoms with Gasteiger partial charge in [0.15, 0.2) is 0 Å². The van der Waals surface area contributed by atoms with Crippen molar-refractivity contribution in [3.05, 3.63) is 17.5 Å². The monoisotopic (exact) mass is 190 g/mol. The summed E-state index contributed by atoms with van der Waals surface area (Å²) in [5, 5.41) is 8.79. The fraction of sp³-hybridized carbons (Fsp3) is 0.500. The Balaban J connectivity index is 3.22. The van der Waals surface area contributed by atoms with Gasteiger partial charge in [0.05, 0.1) is 0 Å². The van der Waals surface area contributed by atoms with Crippen LogP contribution in [0.3, 0.4) is 0 Å². The van der Waals surface area contributed by atoms with Gasteiger partial charge in [-0.15, -0.1) is 0 Å². The van der Waals surface area contributed by atoms with Crippen LogP contribution in [0.25, 0.3) is 0 Å². The first-order chi connectivity index (χ1) is 6.54. The maximum atomic E-state index is 8.79. The van der Waals surface area contributed by atoms with Crippen molar-refractivity contribution in [2.24, 2.45) is 0 Å². The Morgan fingerprint density at radius 1 is 1.36 bits per heavy atom. The van der Waals surface area contributed by atoms with Gasteiger partial charge in [0, 0.05) is 19.8 Å². The van der Waals surface area contributed by atoms with Crippen molar-refractivity contribution >= 4 is 5.95 Å². The second kappa shape index (κ2) is 4.05. The molecule has 0 atom stereocenters. The minimum absolute atomic E-state index is 0.309. The Hall–Kier alpha value is -1.63. The van der Waals surface area contributed by atoms with Gasteiger partial charge in [-0.1, -0.05) is 13.8 Å². The molecule has 1 heterocycles. The van der Waals surface area contributed by atoms with Gasteiger partial charge in [0.1, 0.15) is 11.8 Å². The summed E-state index contributed by atoms with van der Waals surface area (Å²) < 4.78 is 0. The highest BCUT2D eigenvalue weighted by molar-refractivity contribution is 5.35. The topological polar surface area (TPSA) is 52.8 Å². The summed E-state index contributed by atoms with van der Waals surface area (Å²) in [5.41, 5.74) is 1.33. The van der Waals surface area contributed by atoms with E-state index in [1.165, 1.54) is 0 Å². The first-order valence-corrected chi connectivity index (χ1v) is 4.51. The number of rotatable bonds is 2. The van der Waals surface area contributed by atoms with Gasteiger partial charge in [-0.05, 0) is 12.0 Å². The van der Waals surface area contributed by atoms with E-state index in [-0.39, 0.29) is 0 Å². The summed E-state index contributed by atoms with van der Waals surface area (Å²) in [6, 6.07) is 3.77. The Kier molecular flexibility index (Phi) is 3.03. The van der Waals surface area contributed by atoms with E-state index in [1.807, 2.05) is 34.0 Å². The van der Waals surface area contributed by atoms with E-state index in [1.54, 1.807) is 11.0 Å². The zero-order valence-electron chi connectivity index (χ0n) is 8.94. The van der Waals surface area contributed by atoms with E-state index in [4.69, 9.17) is 5.26 Å². The maximum absolute atomic E-state index is 8.79. The van der Waals surface area contributed by atoms with Gasteiger partial charge >= 0.3 is 0 Å². The zero-order valence-corrected chi connectivity index (χ0v) is 8.94. The smallest absolute Gasteiger partial charge is 0.226 e. The standard InChI is InChI=1S/C10H14N4/c1-7(2)9-5-8(6-11)12-10(13-9)14(3)4/h5,7H,1-4H3. The fourth-order valence-corrected chi connectivity index (χ4v) is 1.01. The van der Waals surface area contributed by atoms with E-state index in [0.29, 0.717) is 17.6 Å². The van der Waals surface area contributed by atoms with Crippen molar-refractivity contribution in [3.63, 3.8) is 0 Å². The third kappa shape index (κ3) is 2.19. The highest BCUT2D eigenvalue weighted by Crippen LogP contribution is 2.15. The SMILES string of the molecule is CC(C)c1cc(C#N)nc(N(C)C)n1. The average Bonchev–Trinajstić information content (AvgIpc) is 2.16. The number of nitrogens with zero attached hydrogens (tertiary/aromatic N) is 4. The summed E-state index contributed by atoms with van der Waals surface area (Å²) in [4.78, 5) is 10.2. The Bertz CT molecular complexity index is 337. The van der Waals surface area contributed by atoms with Crippen molar-refractivity contribution in [1.29, 1.82) is 5.26 Å². The van der Waals surface area contributed by atoms with Crippen LogP contribution < -0.4 is 4.90 Å². The van der Waals surface area contributed by atoms with E-state index < -0.39 is 0 Å². The Morgan fingerprint density at radius 2 is 2.00 bits per heavy atom. The summed E-state index contributed by atoms with van der Waals surface area (Å²) in [6.07, 6.45) is 0. The lowest BCUT2D eigenvalue weighted by Gasteiger charge is -2.12. The molecule has 1 aromatic heterocycles. The third-order valence-electron chi connectivity index (χ3n) is 1.84. The van der Waals surface area contributed by atoms with Crippen LogP contribution in [-0.2, 0) is 0 Å². The second-order valence-corrected chi connectivity index (χ2v) is 3.64. The quantitative estimate of drug-likeness (QED) is 0.709. The molecule has 0 spiro atoms. The van der Waals surface area contributed by atoms with Crippen LogP contribution in [0.1, 0.15) is 31.2 Å².